The van der Waals surface area contributed by atoms with Gasteiger partial charge >= 0.3 is 0 Å². The molecule has 0 aliphatic rings. The standard InChI is InChI=1S/C22H21N3O4S/c1-2-3-6-14-9-11-15(12-10-14)17-13-30-22(19(17)20(23)26)24-21(27)16-7-4-5-8-18(16)25(28)29/h4-5,7-13H,2-3,6H2,1H3,(H2,23,26)(H,24,27). The minimum Gasteiger partial charge on any atom is -0.365 e. The zero-order valence-corrected chi connectivity index (χ0v) is 17.2. The van der Waals surface area contributed by atoms with Crippen molar-refractivity contribution in [3.8, 4) is 11.1 Å². The summed E-state index contributed by atoms with van der Waals surface area (Å²) in [5.41, 5.74) is 8.02. The Balaban J connectivity index is 1.91. The lowest BCUT2D eigenvalue weighted by Crippen LogP contribution is -2.18. The highest BCUT2D eigenvalue weighted by Crippen LogP contribution is 2.36. The van der Waals surface area contributed by atoms with Gasteiger partial charge in [0.25, 0.3) is 17.5 Å². The summed E-state index contributed by atoms with van der Waals surface area (Å²) in [5, 5.41) is 15.8. The first-order chi connectivity index (χ1) is 14.4. The lowest BCUT2D eigenvalue weighted by atomic mass is 10.0. The molecule has 0 atom stereocenters. The summed E-state index contributed by atoms with van der Waals surface area (Å²) < 4.78 is 0. The Morgan fingerprint density at radius 1 is 1.13 bits per heavy atom. The Morgan fingerprint density at radius 3 is 2.47 bits per heavy atom. The van der Waals surface area contributed by atoms with Crippen LogP contribution < -0.4 is 11.1 Å². The van der Waals surface area contributed by atoms with Crippen LogP contribution >= 0.6 is 11.3 Å². The van der Waals surface area contributed by atoms with E-state index in [2.05, 4.69) is 12.2 Å². The first-order valence-electron chi connectivity index (χ1n) is 9.47. The second-order valence-electron chi connectivity index (χ2n) is 6.75. The number of hydrogen-bond acceptors (Lipinski definition) is 5. The van der Waals surface area contributed by atoms with E-state index in [1.165, 1.54) is 29.8 Å². The Kier molecular flexibility index (Phi) is 6.58. The van der Waals surface area contributed by atoms with Gasteiger partial charge in [0.05, 0.1) is 10.5 Å². The molecule has 0 bridgehead atoms. The van der Waals surface area contributed by atoms with Crippen molar-refractivity contribution in [2.45, 2.75) is 26.2 Å². The van der Waals surface area contributed by atoms with E-state index in [0.29, 0.717) is 5.56 Å². The van der Waals surface area contributed by atoms with Gasteiger partial charge in [-0.25, -0.2) is 0 Å². The average molecular weight is 423 g/mol. The van der Waals surface area contributed by atoms with E-state index in [0.717, 1.165) is 36.2 Å². The minimum absolute atomic E-state index is 0.0897. The maximum atomic E-state index is 12.6. The number of aryl methyl sites for hydroxylation is 1. The maximum absolute atomic E-state index is 12.6. The first-order valence-corrected chi connectivity index (χ1v) is 10.4. The zero-order chi connectivity index (χ0) is 21.7. The number of anilines is 1. The molecule has 0 unspecified atom stereocenters. The van der Waals surface area contributed by atoms with Crippen molar-refractivity contribution < 1.29 is 14.5 Å². The number of thiophene rings is 1. The van der Waals surface area contributed by atoms with Gasteiger partial charge in [-0.1, -0.05) is 49.7 Å². The van der Waals surface area contributed by atoms with Crippen molar-refractivity contribution in [3.63, 3.8) is 0 Å². The molecule has 0 aliphatic carbocycles. The van der Waals surface area contributed by atoms with E-state index in [4.69, 9.17) is 5.73 Å². The van der Waals surface area contributed by atoms with Crippen molar-refractivity contribution in [2.75, 3.05) is 5.32 Å². The number of carbonyl (C=O) groups excluding carboxylic acids is 2. The molecule has 0 spiro atoms. The number of para-hydroxylation sites is 1. The summed E-state index contributed by atoms with van der Waals surface area (Å²) in [6.45, 7) is 2.14. The summed E-state index contributed by atoms with van der Waals surface area (Å²) in [6, 6.07) is 13.5. The Hall–Kier alpha value is -3.52. The fourth-order valence-corrected chi connectivity index (χ4v) is 4.10. The molecular formula is C22H21N3O4S. The molecule has 3 aromatic rings. The molecule has 2 amide bonds. The largest absolute Gasteiger partial charge is 0.365 e. The third kappa shape index (κ3) is 4.55. The number of carbonyl (C=O) groups is 2. The van der Waals surface area contributed by atoms with Gasteiger partial charge in [0.15, 0.2) is 0 Å². The second-order valence-corrected chi connectivity index (χ2v) is 7.63. The van der Waals surface area contributed by atoms with Crippen LogP contribution in [0.3, 0.4) is 0 Å². The Morgan fingerprint density at radius 2 is 1.83 bits per heavy atom. The molecule has 0 aliphatic heterocycles. The average Bonchev–Trinajstić information content (AvgIpc) is 3.16. The predicted octanol–water partition coefficient (Wildman–Crippen LogP) is 5.02. The van der Waals surface area contributed by atoms with Crippen LogP contribution in [0.2, 0.25) is 0 Å². The number of nitrogens with one attached hydrogen (secondary N) is 1. The Labute approximate surface area is 177 Å². The number of nitrogens with two attached hydrogens (primary N) is 1. The van der Waals surface area contributed by atoms with Crippen LogP contribution in [-0.2, 0) is 6.42 Å². The molecule has 0 fully saturated rings. The fraction of sp³-hybridized carbons (Fsp3) is 0.182. The molecule has 1 heterocycles. The van der Waals surface area contributed by atoms with Gasteiger partial charge in [0.2, 0.25) is 0 Å². The van der Waals surface area contributed by atoms with Crippen LogP contribution in [0, 0.1) is 10.1 Å². The molecule has 7 nitrogen and oxygen atoms in total. The maximum Gasteiger partial charge on any atom is 0.282 e. The highest BCUT2D eigenvalue weighted by molar-refractivity contribution is 7.15. The molecule has 154 valence electrons. The second kappa shape index (κ2) is 9.32. The summed E-state index contributed by atoms with van der Waals surface area (Å²) in [7, 11) is 0. The van der Waals surface area contributed by atoms with Gasteiger partial charge < -0.3 is 11.1 Å². The topological polar surface area (TPSA) is 115 Å². The molecule has 30 heavy (non-hydrogen) atoms. The van der Waals surface area contributed by atoms with Crippen LogP contribution in [0.15, 0.2) is 53.9 Å². The molecule has 3 N–H and O–H groups in total. The van der Waals surface area contributed by atoms with E-state index in [-0.39, 0.29) is 21.8 Å². The number of rotatable bonds is 8. The van der Waals surface area contributed by atoms with Crippen LogP contribution in [-0.4, -0.2) is 16.7 Å². The van der Waals surface area contributed by atoms with Gasteiger partial charge in [0.1, 0.15) is 10.6 Å². The number of amides is 2. The van der Waals surface area contributed by atoms with Crippen LogP contribution in [0.1, 0.15) is 46.0 Å². The third-order valence-corrected chi connectivity index (χ3v) is 5.59. The molecule has 0 radical (unpaired) electrons. The summed E-state index contributed by atoms with van der Waals surface area (Å²) in [4.78, 5) is 35.4. The minimum atomic E-state index is -0.681. The van der Waals surface area contributed by atoms with E-state index < -0.39 is 16.7 Å². The molecule has 3 rings (SSSR count). The van der Waals surface area contributed by atoms with Crippen molar-refractivity contribution in [1.82, 2.24) is 0 Å². The quantitative estimate of drug-likeness (QED) is 0.391. The highest BCUT2D eigenvalue weighted by atomic mass is 32.1. The summed E-state index contributed by atoms with van der Waals surface area (Å²) in [6.07, 6.45) is 3.20. The van der Waals surface area contributed by atoms with Crippen molar-refractivity contribution in [2.24, 2.45) is 5.73 Å². The third-order valence-electron chi connectivity index (χ3n) is 4.69. The number of unbranched alkanes of at least 4 members (excludes halogenated alkanes) is 1. The number of hydrogen-bond donors (Lipinski definition) is 2. The van der Waals surface area contributed by atoms with Crippen LogP contribution in [0.25, 0.3) is 11.1 Å². The molecule has 0 saturated heterocycles. The molecule has 0 saturated carbocycles. The first kappa shape index (κ1) is 21.2. The van der Waals surface area contributed by atoms with Crippen molar-refractivity contribution >= 4 is 33.8 Å². The molecular weight excluding hydrogens is 402 g/mol. The van der Waals surface area contributed by atoms with Gasteiger partial charge in [0, 0.05) is 17.0 Å². The summed E-state index contributed by atoms with van der Waals surface area (Å²) in [5.74, 6) is -1.35. The molecule has 8 heteroatoms. The Bertz CT molecular complexity index is 1090. The number of benzene rings is 2. The van der Waals surface area contributed by atoms with Crippen molar-refractivity contribution in [3.05, 3.63) is 80.7 Å². The molecule has 1 aromatic heterocycles. The molecule has 2 aromatic carbocycles. The van der Waals surface area contributed by atoms with E-state index >= 15 is 0 Å². The summed E-state index contributed by atoms with van der Waals surface area (Å²) >= 11 is 1.15. The lowest BCUT2D eigenvalue weighted by molar-refractivity contribution is -0.385. The smallest absolute Gasteiger partial charge is 0.282 e. The van der Waals surface area contributed by atoms with E-state index in [1.807, 2.05) is 24.3 Å². The highest BCUT2D eigenvalue weighted by Gasteiger charge is 2.23. The van der Waals surface area contributed by atoms with Gasteiger partial charge in [-0.3, -0.25) is 19.7 Å². The number of nitro groups is 1. The van der Waals surface area contributed by atoms with Gasteiger partial charge in [-0.2, -0.15) is 0 Å². The van der Waals surface area contributed by atoms with Gasteiger partial charge in [-0.15, -0.1) is 11.3 Å². The fourth-order valence-electron chi connectivity index (χ4n) is 3.13. The van der Waals surface area contributed by atoms with E-state index in [9.17, 15) is 19.7 Å². The SMILES string of the molecule is CCCCc1ccc(-c2csc(NC(=O)c3ccccc3[N+](=O)[O-])c2C(N)=O)cc1. The number of nitro benzene ring substituents is 1. The van der Waals surface area contributed by atoms with Gasteiger partial charge in [-0.05, 0) is 30.0 Å². The monoisotopic (exact) mass is 423 g/mol. The van der Waals surface area contributed by atoms with Crippen LogP contribution in [0.4, 0.5) is 10.7 Å². The van der Waals surface area contributed by atoms with Crippen LogP contribution in [0.5, 0.6) is 0 Å². The number of nitrogens with zero attached hydrogens (tertiary/aromatic N) is 1. The normalized spacial score (nSPS) is 10.6. The zero-order valence-electron chi connectivity index (χ0n) is 16.4. The number of primary amides is 1. The van der Waals surface area contributed by atoms with Crippen molar-refractivity contribution in [1.29, 1.82) is 0 Å². The lowest BCUT2D eigenvalue weighted by Gasteiger charge is -2.08. The van der Waals surface area contributed by atoms with E-state index in [1.54, 1.807) is 5.38 Å². The predicted molar refractivity (Wildman–Crippen MR) is 118 cm³/mol.